The van der Waals surface area contributed by atoms with Gasteiger partial charge in [-0.3, -0.25) is 13.9 Å². The van der Waals surface area contributed by atoms with Crippen LogP contribution in [-0.4, -0.2) is 63.2 Å². The largest absolute Gasteiger partial charge is 0.486 e. The summed E-state index contributed by atoms with van der Waals surface area (Å²) in [5.74, 6) is -0.532. The second-order valence-corrected chi connectivity index (χ2v) is 11.4. The first-order valence-corrected chi connectivity index (χ1v) is 13.8. The third-order valence-corrected chi connectivity index (χ3v) is 7.65. The van der Waals surface area contributed by atoms with Crippen LogP contribution in [0.5, 0.6) is 11.5 Å². The van der Waals surface area contributed by atoms with Crippen LogP contribution in [0.25, 0.3) is 0 Å². The maximum Gasteiger partial charge on any atom is 0.244 e. The number of carbonyl (C=O) groups excluding carboxylic acids is 2. The van der Waals surface area contributed by atoms with Crippen molar-refractivity contribution in [2.24, 2.45) is 5.92 Å². The fourth-order valence-corrected chi connectivity index (χ4v) is 4.78. The maximum atomic E-state index is 13.6. The Balaban J connectivity index is 1.92. The Hall–Kier alpha value is -3.34. The molecular formula is C26H34FN3O6S. The molecule has 0 fully saturated rings. The van der Waals surface area contributed by atoms with Gasteiger partial charge in [0.2, 0.25) is 21.8 Å². The topological polar surface area (TPSA) is 105 Å². The van der Waals surface area contributed by atoms with Crippen LogP contribution in [0.2, 0.25) is 0 Å². The van der Waals surface area contributed by atoms with Crippen molar-refractivity contribution in [1.29, 1.82) is 0 Å². The molecule has 1 unspecified atom stereocenters. The van der Waals surface area contributed by atoms with Gasteiger partial charge >= 0.3 is 0 Å². The Morgan fingerprint density at radius 3 is 2.30 bits per heavy atom. The third-order valence-electron chi connectivity index (χ3n) is 5.91. The molecule has 1 heterocycles. The predicted octanol–water partition coefficient (Wildman–Crippen LogP) is 2.94. The number of hydrogen-bond acceptors (Lipinski definition) is 6. The smallest absolute Gasteiger partial charge is 0.244 e. The molecule has 0 radical (unpaired) electrons. The highest BCUT2D eigenvalue weighted by Gasteiger charge is 2.31. The molecule has 37 heavy (non-hydrogen) atoms. The van der Waals surface area contributed by atoms with Crippen LogP contribution in [0.15, 0.2) is 42.5 Å². The predicted molar refractivity (Wildman–Crippen MR) is 138 cm³/mol. The van der Waals surface area contributed by atoms with Gasteiger partial charge in [-0.2, -0.15) is 0 Å². The average molecular weight is 536 g/mol. The van der Waals surface area contributed by atoms with E-state index in [0.717, 1.165) is 4.31 Å². The summed E-state index contributed by atoms with van der Waals surface area (Å²) in [5, 5.41) is 2.82. The Morgan fingerprint density at radius 2 is 1.68 bits per heavy atom. The van der Waals surface area contributed by atoms with Crippen LogP contribution in [0.3, 0.4) is 0 Å². The van der Waals surface area contributed by atoms with Crippen molar-refractivity contribution >= 4 is 27.5 Å². The molecule has 0 spiro atoms. The average Bonchev–Trinajstić information content (AvgIpc) is 2.89. The fourth-order valence-electron chi connectivity index (χ4n) is 3.73. The molecule has 2 amide bonds. The van der Waals surface area contributed by atoms with Crippen molar-refractivity contribution in [3.8, 4) is 11.5 Å². The molecule has 0 saturated carbocycles. The molecule has 0 aliphatic carbocycles. The summed E-state index contributed by atoms with van der Waals surface area (Å²) < 4.78 is 51.7. The van der Waals surface area contributed by atoms with Crippen LogP contribution in [0, 0.1) is 11.7 Å². The van der Waals surface area contributed by atoms with Crippen molar-refractivity contribution in [2.75, 3.05) is 36.4 Å². The third kappa shape index (κ3) is 7.34. The lowest BCUT2D eigenvalue weighted by Gasteiger charge is -2.32. The van der Waals surface area contributed by atoms with Gasteiger partial charge in [0.25, 0.3) is 0 Å². The molecule has 2 aromatic carbocycles. The van der Waals surface area contributed by atoms with Gasteiger partial charge < -0.3 is 19.7 Å². The van der Waals surface area contributed by atoms with Gasteiger partial charge in [0.15, 0.2) is 11.5 Å². The van der Waals surface area contributed by atoms with Crippen molar-refractivity contribution in [3.05, 3.63) is 53.8 Å². The zero-order chi connectivity index (χ0) is 27.2. The van der Waals surface area contributed by atoms with Crippen LogP contribution in [0.4, 0.5) is 10.1 Å². The van der Waals surface area contributed by atoms with E-state index in [9.17, 15) is 22.4 Å². The second kappa shape index (κ2) is 12.3. The summed E-state index contributed by atoms with van der Waals surface area (Å²) in [6.07, 6.45) is 0. The van der Waals surface area contributed by atoms with Crippen LogP contribution >= 0.6 is 0 Å². The van der Waals surface area contributed by atoms with E-state index in [-0.39, 0.29) is 29.8 Å². The number of nitrogens with zero attached hydrogens (tertiary/aromatic N) is 2. The zero-order valence-corrected chi connectivity index (χ0v) is 22.4. The van der Waals surface area contributed by atoms with E-state index in [4.69, 9.17) is 9.47 Å². The number of amides is 2. The minimum absolute atomic E-state index is 0.00344. The van der Waals surface area contributed by atoms with Gasteiger partial charge in [0, 0.05) is 19.2 Å². The SMILES string of the molecule is CCS(=O)(=O)N(CC(=O)N(Cc1ccc(F)cc1)C(C)C(=O)NCC(C)C)c1ccc2c(c1)OCCO2. The first-order chi connectivity index (χ1) is 17.5. The van der Waals surface area contributed by atoms with E-state index < -0.39 is 34.3 Å². The highest BCUT2D eigenvalue weighted by molar-refractivity contribution is 7.92. The molecule has 0 saturated heterocycles. The summed E-state index contributed by atoms with van der Waals surface area (Å²) in [5.41, 5.74) is 0.848. The summed E-state index contributed by atoms with van der Waals surface area (Å²) in [6, 6.07) is 9.36. The molecule has 11 heteroatoms. The molecule has 3 rings (SSSR count). The quantitative estimate of drug-likeness (QED) is 0.474. The number of anilines is 1. The van der Waals surface area contributed by atoms with Crippen molar-refractivity contribution in [2.45, 2.75) is 40.3 Å². The Kier molecular flexibility index (Phi) is 9.36. The Labute approximate surface area is 217 Å². The highest BCUT2D eigenvalue weighted by Crippen LogP contribution is 2.35. The minimum Gasteiger partial charge on any atom is -0.486 e. The number of ether oxygens (including phenoxy) is 2. The summed E-state index contributed by atoms with van der Waals surface area (Å²) >= 11 is 0. The van der Waals surface area contributed by atoms with Crippen molar-refractivity contribution in [3.63, 3.8) is 0 Å². The molecule has 1 aliphatic rings. The second-order valence-electron chi connectivity index (χ2n) is 9.20. The normalized spacial score (nSPS) is 13.7. The number of benzene rings is 2. The molecule has 1 atom stereocenters. The lowest BCUT2D eigenvalue weighted by molar-refractivity contribution is -0.139. The molecule has 1 N–H and O–H groups in total. The van der Waals surface area contributed by atoms with E-state index in [0.29, 0.717) is 36.8 Å². The molecule has 2 aromatic rings. The van der Waals surface area contributed by atoms with Gasteiger partial charge in [0.1, 0.15) is 31.6 Å². The maximum absolute atomic E-state index is 13.6. The molecular weight excluding hydrogens is 501 g/mol. The van der Waals surface area contributed by atoms with Crippen LogP contribution < -0.4 is 19.1 Å². The standard InChI is InChI=1S/C26H34FN3O6S/c1-5-37(33,34)30(22-10-11-23-24(14-22)36-13-12-35-23)17-25(31)29(16-20-6-8-21(27)9-7-20)19(4)26(32)28-15-18(2)3/h6-11,14,18-19H,5,12-13,15-17H2,1-4H3,(H,28,32). The first kappa shape index (κ1) is 28.2. The number of rotatable bonds is 11. The van der Waals surface area contributed by atoms with Crippen LogP contribution in [-0.2, 0) is 26.2 Å². The molecule has 9 nitrogen and oxygen atoms in total. The lowest BCUT2D eigenvalue weighted by atomic mass is 10.1. The number of sulfonamides is 1. The summed E-state index contributed by atoms with van der Waals surface area (Å²) in [6.45, 7) is 7.58. The van der Waals surface area contributed by atoms with Crippen molar-refractivity contribution in [1.82, 2.24) is 10.2 Å². The monoisotopic (exact) mass is 535 g/mol. The van der Waals surface area contributed by atoms with Gasteiger partial charge in [-0.25, -0.2) is 12.8 Å². The molecule has 0 bridgehead atoms. The first-order valence-electron chi connectivity index (χ1n) is 12.2. The van der Waals surface area contributed by atoms with E-state index in [1.54, 1.807) is 19.1 Å². The highest BCUT2D eigenvalue weighted by atomic mass is 32.2. The Morgan fingerprint density at radius 1 is 1.03 bits per heavy atom. The molecule has 202 valence electrons. The number of carbonyl (C=O) groups is 2. The van der Waals surface area contributed by atoms with Crippen molar-refractivity contribution < 1.29 is 31.9 Å². The summed E-state index contributed by atoms with van der Waals surface area (Å²) in [7, 11) is -3.88. The lowest BCUT2D eigenvalue weighted by Crippen LogP contribution is -2.51. The number of nitrogens with one attached hydrogen (secondary N) is 1. The number of hydrogen-bond donors (Lipinski definition) is 1. The zero-order valence-electron chi connectivity index (χ0n) is 21.6. The van der Waals surface area contributed by atoms with Crippen LogP contribution in [0.1, 0.15) is 33.3 Å². The molecule has 1 aliphatic heterocycles. The van der Waals surface area contributed by atoms with E-state index in [2.05, 4.69) is 5.32 Å². The fraction of sp³-hybridized carbons (Fsp3) is 0.462. The van der Waals surface area contributed by atoms with E-state index in [1.165, 1.54) is 42.2 Å². The number of fused-ring (bicyclic) bond motifs is 1. The Bertz CT molecular complexity index is 1200. The summed E-state index contributed by atoms with van der Waals surface area (Å²) in [4.78, 5) is 27.8. The minimum atomic E-state index is -3.88. The van der Waals surface area contributed by atoms with Gasteiger partial charge in [-0.1, -0.05) is 26.0 Å². The van der Waals surface area contributed by atoms with Gasteiger partial charge in [0.05, 0.1) is 11.4 Å². The molecule has 0 aromatic heterocycles. The number of halogens is 1. The van der Waals surface area contributed by atoms with E-state index >= 15 is 0 Å². The van der Waals surface area contributed by atoms with Gasteiger partial charge in [-0.05, 0) is 49.6 Å². The van der Waals surface area contributed by atoms with E-state index in [1.807, 2.05) is 13.8 Å². The van der Waals surface area contributed by atoms with Gasteiger partial charge in [-0.15, -0.1) is 0 Å².